The summed E-state index contributed by atoms with van der Waals surface area (Å²) in [5.41, 5.74) is 2.28. The molecule has 8 heteroatoms. The predicted octanol–water partition coefficient (Wildman–Crippen LogP) is 2.07. The van der Waals surface area contributed by atoms with Crippen molar-refractivity contribution >= 4 is 5.96 Å². The fraction of sp³-hybridized carbons (Fsp3) is 0.571. The highest BCUT2D eigenvalue weighted by Crippen LogP contribution is 2.22. The maximum Gasteiger partial charge on any atom is 0.191 e. The fourth-order valence-corrected chi connectivity index (χ4v) is 3.33. The molecule has 1 aliphatic heterocycles. The SMILES string of the molecule is CCc1nncn1CCNC(=NC)NCc1ccc(C)cc1OCC1CCCO1. The van der Waals surface area contributed by atoms with E-state index in [2.05, 4.69) is 62.4 Å². The lowest BCUT2D eigenvalue weighted by atomic mass is 10.1. The van der Waals surface area contributed by atoms with Crippen LogP contribution in [0.15, 0.2) is 29.5 Å². The molecule has 3 rings (SSSR count). The van der Waals surface area contributed by atoms with Gasteiger partial charge in [-0.15, -0.1) is 10.2 Å². The van der Waals surface area contributed by atoms with Gasteiger partial charge in [0.15, 0.2) is 5.96 Å². The van der Waals surface area contributed by atoms with Gasteiger partial charge in [-0.1, -0.05) is 19.1 Å². The summed E-state index contributed by atoms with van der Waals surface area (Å²) in [7, 11) is 1.77. The highest BCUT2D eigenvalue weighted by Gasteiger charge is 2.17. The zero-order valence-electron chi connectivity index (χ0n) is 17.6. The van der Waals surface area contributed by atoms with Gasteiger partial charge in [0.05, 0.1) is 6.10 Å². The average molecular weight is 401 g/mol. The lowest BCUT2D eigenvalue weighted by Gasteiger charge is -2.17. The van der Waals surface area contributed by atoms with Crippen LogP contribution in [-0.4, -0.2) is 53.6 Å². The second-order valence-electron chi connectivity index (χ2n) is 7.20. The third kappa shape index (κ3) is 6.19. The van der Waals surface area contributed by atoms with Gasteiger partial charge in [0.25, 0.3) is 0 Å². The van der Waals surface area contributed by atoms with E-state index in [1.54, 1.807) is 13.4 Å². The first-order valence-corrected chi connectivity index (χ1v) is 10.3. The minimum Gasteiger partial charge on any atom is -0.491 e. The van der Waals surface area contributed by atoms with Crippen LogP contribution in [0.5, 0.6) is 5.75 Å². The molecule has 1 saturated heterocycles. The van der Waals surface area contributed by atoms with E-state index in [-0.39, 0.29) is 6.10 Å². The van der Waals surface area contributed by atoms with E-state index in [0.29, 0.717) is 13.2 Å². The molecule has 29 heavy (non-hydrogen) atoms. The zero-order chi connectivity index (χ0) is 20.5. The molecule has 1 fully saturated rings. The Bertz CT molecular complexity index is 798. The molecule has 1 atom stereocenters. The van der Waals surface area contributed by atoms with Crippen molar-refractivity contribution < 1.29 is 9.47 Å². The lowest BCUT2D eigenvalue weighted by molar-refractivity contribution is 0.0676. The van der Waals surface area contributed by atoms with Crippen molar-refractivity contribution in [1.29, 1.82) is 0 Å². The largest absolute Gasteiger partial charge is 0.491 e. The number of nitrogens with one attached hydrogen (secondary N) is 2. The van der Waals surface area contributed by atoms with Gasteiger partial charge in [-0.05, 0) is 31.4 Å². The van der Waals surface area contributed by atoms with Gasteiger partial charge >= 0.3 is 0 Å². The molecule has 2 N–H and O–H groups in total. The molecule has 0 aliphatic carbocycles. The van der Waals surface area contributed by atoms with Crippen LogP contribution in [0.2, 0.25) is 0 Å². The molecule has 0 radical (unpaired) electrons. The summed E-state index contributed by atoms with van der Waals surface area (Å²) in [6.07, 6.45) is 5.03. The van der Waals surface area contributed by atoms with Gasteiger partial charge in [0, 0.05) is 45.3 Å². The minimum absolute atomic E-state index is 0.205. The van der Waals surface area contributed by atoms with Crippen molar-refractivity contribution in [2.24, 2.45) is 4.99 Å². The molecule has 0 saturated carbocycles. The Balaban J connectivity index is 1.50. The molecular weight excluding hydrogens is 368 g/mol. The van der Waals surface area contributed by atoms with Crippen LogP contribution in [0.25, 0.3) is 0 Å². The van der Waals surface area contributed by atoms with Crippen molar-refractivity contribution in [2.75, 3.05) is 26.8 Å². The lowest BCUT2D eigenvalue weighted by Crippen LogP contribution is -2.38. The number of ether oxygens (including phenoxy) is 2. The van der Waals surface area contributed by atoms with Crippen molar-refractivity contribution in [1.82, 2.24) is 25.4 Å². The van der Waals surface area contributed by atoms with Crippen molar-refractivity contribution in [3.8, 4) is 5.75 Å². The third-order valence-corrected chi connectivity index (χ3v) is 5.00. The monoisotopic (exact) mass is 400 g/mol. The Hall–Kier alpha value is -2.61. The normalized spacial score (nSPS) is 16.8. The summed E-state index contributed by atoms with van der Waals surface area (Å²) >= 11 is 0. The summed E-state index contributed by atoms with van der Waals surface area (Å²) in [6, 6.07) is 6.29. The molecule has 0 amide bonds. The van der Waals surface area contributed by atoms with Gasteiger partial charge < -0.3 is 24.7 Å². The summed E-state index contributed by atoms with van der Waals surface area (Å²) in [5, 5.41) is 14.8. The Kier molecular flexibility index (Phi) is 7.86. The predicted molar refractivity (Wildman–Crippen MR) is 113 cm³/mol. The molecule has 158 valence electrons. The van der Waals surface area contributed by atoms with E-state index in [9.17, 15) is 0 Å². The summed E-state index contributed by atoms with van der Waals surface area (Å²) in [4.78, 5) is 4.31. The number of hydrogen-bond acceptors (Lipinski definition) is 5. The number of hydrogen-bond donors (Lipinski definition) is 2. The summed E-state index contributed by atoms with van der Waals surface area (Å²) < 4.78 is 13.8. The van der Waals surface area contributed by atoms with E-state index in [1.807, 2.05) is 0 Å². The third-order valence-electron chi connectivity index (χ3n) is 5.00. The van der Waals surface area contributed by atoms with E-state index in [4.69, 9.17) is 9.47 Å². The molecule has 1 aromatic heterocycles. The smallest absolute Gasteiger partial charge is 0.191 e. The topological polar surface area (TPSA) is 85.6 Å². The quantitative estimate of drug-likeness (QED) is 0.495. The Morgan fingerprint density at radius 1 is 1.38 bits per heavy atom. The number of guanidine groups is 1. The molecule has 1 aromatic carbocycles. The van der Waals surface area contributed by atoms with Crippen molar-refractivity contribution in [3.63, 3.8) is 0 Å². The second kappa shape index (κ2) is 10.8. The number of aliphatic imine (C=N–C) groups is 1. The molecule has 0 bridgehead atoms. The standard InChI is InChI=1S/C21H32N6O2/c1-4-20-26-25-15-27(20)10-9-23-21(22-3)24-13-17-8-7-16(2)12-19(17)29-14-18-6-5-11-28-18/h7-8,12,15,18H,4-6,9-11,13-14H2,1-3H3,(H2,22,23,24). The van der Waals surface area contributed by atoms with Crippen LogP contribution in [0.4, 0.5) is 0 Å². The van der Waals surface area contributed by atoms with Crippen LogP contribution >= 0.6 is 0 Å². The van der Waals surface area contributed by atoms with Crippen LogP contribution in [0, 0.1) is 6.92 Å². The first-order chi connectivity index (χ1) is 14.2. The van der Waals surface area contributed by atoms with Crippen LogP contribution < -0.4 is 15.4 Å². The molecule has 1 unspecified atom stereocenters. The van der Waals surface area contributed by atoms with E-state index in [1.165, 1.54) is 5.56 Å². The molecule has 2 heterocycles. The number of aromatic nitrogens is 3. The number of nitrogens with zero attached hydrogens (tertiary/aromatic N) is 4. The second-order valence-corrected chi connectivity index (χ2v) is 7.20. The number of benzene rings is 1. The van der Waals surface area contributed by atoms with Gasteiger partial charge in [0.2, 0.25) is 0 Å². The summed E-state index contributed by atoms with van der Waals surface area (Å²) in [5.74, 6) is 2.64. The maximum absolute atomic E-state index is 6.08. The summed E-state index contributed by atoms with van der Waals surface area (Å²) in [6.45, 7) is 7.75. The fourth-order valence-electron chi connectivity index (χ4n) is 3.33. The van der Waals surface area contributed by atoms with E-state index >= 15 is 0 Å². The number of aryl methyl sites for hydroxylation is 2. The van der Waals surface area contributed by atoms with Crippen LogP contribution in [0.3, 0.4) is 0 Å². The van der Waals surface area contributed by atoms with Gasteiger partial charge in [-0.25, -0.2) is 0 Å². The van der Waals surface area contributed by atoms with Crippen molar-refractivity contribution in [3.05, 3.63) is 41.5 Å². The van der Waals surface area contributed by atoms with E-state index in [0.717, 1.165) is 62.1 Å². The molecule has 2 aromatic rings. The first-order valence-electron chi connectivity index (χ1n) is 10.3. The van der Waals surface area contributed by atoms with Crippen molar-refractivity contribution in [2.45, 2.75) is 52.3 Å². The maximum atomic E-state index is 6.08. The zero-order valence-corrected chi connectivity index (χ0v) is 17.6. The van der Waals surface area contributed by atoms with Crippen LogP contribution in [0.1, 0.15) is 36.7 Å². The number of rotatable bonds is 9. The Labute approximate surface area is 172 Å². The van der Waals surface area contributed by atoms with Gasteiger partial charge in [-0.3, -0.25) is 4.99 Å². The molecular formula is C21H32N6O2. The highest BCUT2D eigenvalue weighted by atomic mass is 16.5. The van der Waals surface area contributed by atoms with E-state index < -0.39 is 0 Å². The Morgan fingerprint density at radius 2 is 2.28 bits per heavy atom. The first kappa shape index (κ1) is 21.1. The highest BCUT2D eigenvalue weighted by molar-refractivity contribution is 5.79. The molecule has 0 spiro atoms. The van der Waals surface area contributed by atoms with Crippen LogP contribution in [-0.2, 0) is 24.2 Å². The minimum atomic E-state index is 0.205. The van der Waals surface area contributed by atoms with Gasteiger partial charge in [-0.2, -0.15) is 0 Å². The van der Waals surface area contributed by atoms with Gasteiger partial charge in [0.1, 0.15) is 24.5 Å². The molecule has 8 nitrogen and oxygen atoms in total. The average Bonchev–Trinajstić information content (AvgIpc) is 3.41. The molecule has 1 aliphatic rings. The Morgan fingerprint density at radius 3 is 3.03 bits per heavy atom.